The van der Waals surface area contributed by atoms with Crippen LogP contribution in [0.1, 0.15) is 29.9 Å². The van der Waals surface area contributed by atoms with Gasteiger partial charge in [0.25, 0.3) is 0 Å². The van der Waals surface area contributed by atoms with Crippen LogP contribution < -0.4 is 5.32 Å². The minimum Gasteiger partial charge on any atom is -0.383 e. The maximum absolute atomic E-state index is 5.04. The number of nitrogens with zero attached hydrogens (tertiary/aromatic N) is 2. The molecular weight excluding hydrogens is 250 g/mol. The lowest BCUT2D eigenvalue weighted by atomic mass is 10.1. The summed E-state index contributed by atoms with van der Waals surface area (Å²) in [6.07, 6.45) is 6.58. The van der Waals surface area contributed by atoms with Crippen LogP contribution in [-0.2, 0) is 17.8 Å². The quantitative estimate of drug-likeness (QED) is 0.841. The Morgan fingerprint density at radius 1 is 1.40 bits per heavy atom. The third-order valence-corrected chi connectivity index (χ3v) is 3.65. The molecule has 0 unspecified atom stereocenters. The molecule has 1 aromatic carbocycles. The van der Waals surface area contributed by atoms with Crippen molar-refractivity contribution >= 4 is 5.69 Å². The van der Waals surface area contributed by atoms with Crippen LogP contribution in [0.15, 0.2) is 36.7 Å². The molecule has 3 rings (SSSR count). The predicted octanol–water partition coefficient (Wildman–Crippen LogP) is 3.02. The van der Waals surface area contributed by atoms with Crippen LogP contribution in [0.3, 0.4) is 0 Å². The van der Waals surface area contributed by atoms with E-state index in [0.717, 1.165) is 24.7 Å². The number of hydrogen-bond acceptors (Lipinski definition) is 3. The summed E-state index contributed by atoms with van der Waals surface area (Å²) in [6.45, 7) is 2.32. The van der Waals surface area contributed by atoms with Gasteiger partial charge in [-0.2, -0.15) is 5.10 Å². The summed E-state index contributed by atoms with van der Waals surface area (Å²) in [5.41, 5.74) is 3.87. The van der Waals surface area contributed by atoms with E-state index in [9.17, 15) is 0 Å². The Morgan fingerprint density at radius 2 is 2.30 bits per heavy atom. The van der Waals surface area contributed by atoms with Crippen LogP contribution in [0, 0.1) is 0 Å². The van der Waals surface area contributed by atoms with Crippen LogP contribution >= 0.6 is 0 Å². The van der Waals surface area contributed by atoms with Gasteiger partial charge in [-0.25, -0.2) is 0 Å². The first-order chi connectivity index (χ1) is 9.85. The number of benzene rings is 1. The molecule has 1 saturated carbocycles. The second-order valence-electron chi connectivity index (χ2n) is 5.36. The molecule has 4 nitrogen and oxygen atoms in total. The van der Waals surface area contributed by atoms with Gasteiger partial charge >= 0.3 is 0 Å². The molecule has 1 aromatic heterocycles. The zero-order chi connectivity index (χ0) is 13.8. The van der Waals surface area contributed by atoms with Crippen molar-refractivity contribution in [3.8, 4) is 0 Å². The highest BCUT2D eigenvalue weighted by Gasteiger charge is 2.23. The largest absolute Gasteiger partial charge is 0.383 e. The molecule has 2 aromatic rings. The first-order valence-corrected chi connectivity index (χ1v) is 7.19. The Hall–Kier alpha value is -1.81. The molecule has 0 spiro atoms. The SMILES string of the molecule is COCCn1cc(NCc2cccc(C3CC3)c2)cn1. The minimum atomic E-state index is 0.685. The van der Waals surface area contributed by atoms with Gasteiger partial charge in [0.1, 0.15) is 0 Å². The Labute approximate surface area is 119 Å². The highest BCUT2D eigenvalue weighted by Crippen LogP contribution is 2.40. The second-order valence-corrected chi connectivity index (χ2v) is 5.36. The number of methoxy groups -OCH3 is 1. The molecule has 1 fully saturated rings. The van der Waals surface area contributed by atoms with Gasteiger partial charge < -0.3 is 10.1 Å². The molecule has 0 aliphatic heterocycles. The minimum absolute atomic E-state index is 0.685. The molecule has 1 aliphatic carbocycles. The van der Waals surface area contributed by atoms with Gasteiger partial charge in [-0.3, -0.25) is 4.68 Å². The summed E-state index contributed by atoms with van der Waals surface area (Å²) in [7, 11) is 1.70. The monoisotopic (exact) mass is 271 g/mol. The van der Waals surface area contributed by atoms with Crippen molar-refractivity contribution in [2.45, 2.75) is 31.8 Å². The lowest BCUT2D eigenvalue weighted by Crippen LogP contribution is -2.04. The summed E-state index contributed by atoms with van der Waals surface area (Å²) in [4.78, 5) is 0. The van der Waals surface area contributed by atoms with Crippen LogP contribution in [-0.4, -0.2) is 23.5 Å². The van der Waals surface area contributed by atoms with Crippen LogP contribution in [0.25, 0.3) is 0 Å². The number of rotatable bonds is 7. The zero-order valence-electron chi connectivity index (χ0n) is 11.9. The van der Waals surface area contributed by atoms with Crippen LogP contribution in [0.2, 0.25) is 0 Å². The van der Waals surface area contributed by atoms with Gasteiger partial charge in [0.15, 0.2) is 0 Å². The van der Waals surface area contributed by atoms with E-state index in [2.05, 4.69) is 34.7 Å². The molecule has 0 radical (unpaired) electrons. The molecule has 0 amide bonds. The first-order valence-electron chi connectivity index (χ1n) is 7.19. The Kier molecular flexibility index (Phi) is 4.02. The highest BCUT2D eigenvalue weighted by atomic mass is 16.5. The summed E-state index contributed by atoms with van der Waals surface area (Å²) >= 11 is 0. The summed E-state index contributed by atoms with van der Waals surface area (Å²) in [6, 6.07) is 8.89. The predicted molar refractivity (Wildman–Crippen MR) is 79.8 cm³/mol. The van der Waals surface area contributed by atoms with Gasteiger partial charge in [-0.15, -0.1) is 0 Å². The third-order valence-electron chi connectivity index (χ3n) is 3.65. The molecule has 20 heavy (non-hydrogen) atoms. The van der Waals surface area contributed by atoms with Gasteiger partial charge in [0.05, 0.1) is 25.0 Å². The fraction of sp³-hybridized carbons (Fsp3) is 0.438. The standard InChI is InChI=1S/C16H21N3O/c1-20-8-7-19-12-16(11-18-19)17-10-13-3-2-4-15(9-13)14-5-6-14/h2-4,9,11-12,14,17H,5-8,10H2,1H3. The summed E-state index contributed by atoms with van der Waals surface area (Å²) in [5.74, 6) is 0.812. The Bertz CT molecular complexity index is 560. The average molecular weight is 271 g/mol. The molecule has 4 heteroatoms. The van der Waals surface area contributed by atoms with Crippen LogP contribution in [0.4, 0.5) is 5.69 Å². The zero-order valence-corrected chi connectivity index (χ0v) is 11.9. The number of nitrogens with one attached hydrogen (secondary N) is 1. The van der Waals surface area contributed by atoms with Crippen molar-refractivity contribution in [3.05, 3.63) is 47.8 Å². The summed E-state index contributed by atoms with van der Waals surface area (Å²) in [5, 5.41) is 7.72. The van der Waals surface area contributed by atoms with E-state index in [1.807, 2.05) is 17.1 Å². The van der Waals surface area contributed by atoms with Crippen molar-refractivity contribution in [1.29, 1.82) is 0 Å². The maximum Gasteiger partial charge on any atom is 0.0729 e. The summed E-state index contributed by atoms with van der Waals surface area (Å²) < 4.78 is 6.94. The smallest absolute Gasteiger partial charge is 0.0729 e. The molecule has 1 aliphatic rings. The molecule has 106 valence electrons. The van der Waals surface area contributed by atoms with Gasteiger partial charge in [-0.05, 0) is 29.9 Å². The van der Waals surface area contributed by atoms with Gasteiger partial charge in [0.2, 0.25) is 0 Å². The van der Waals surface area contributed by atoms with Crippen molar-refractivity contribution < 1.29 is 4.74 Å². The van der Waals surface area contributed by atoms with E-state index in [1.165, 1.54) is 24.0 Å². The molecule has 0 bridgehead atoms. The lowest BCUT2D eigenvalue weighted by Gasteiger charge is -2.06. The van der Waals surface area contributed by atoms with E-state index in [4.69, 9.17) is 4.74 Å². The molecule has 1 N–H and O–H groups in total. The average Bonchev–Trinajstić information content (AvgIpc) is 3.24. The number of aromatic nitrogens is 2. The van der Waals surface area contributed by atoms with E-state index < -0.39 is 0 Å². The fourth-order valence-electron chi connectivity index (χ4n) is 2.34. The van der Waals surface area contributed by atoms with Crippen molar-refractivity contribution in [3.63, 3.8) is 0 Å². The van der Waals surface area contributed by atoms with Crippen LogP contribution in [0.5, 0.6) is 0 Å². The fourth-order valence-corrected chi connectivity index (χ4v) is 2.34. The first kappa shape index (κ1) is 13.2. The van der Waals surface area contributed by atoms with Gasteiger partial charge in [-0.1, -0.05) is 24.3 Å². The third kappa shape index (κ3) is 3.39. The Morgan fingerprint density at radius 3 is 3.10 bits per heavy atom. The number of ether oxygens (including phenoxy) is 1. The maximum atomic E-state index is 5.04. The highest BCUT2D eigenvalue weighted by molar-refractivity contribution is 5.40. The molecule has 1 heterocycles. The number of anilines is 1. The number of hydrogen-bond donors (Lipinski definition) is 1. The van der Waals surface area contributed by atoms with E-state index in [-0.39, 0.29) is 0 Å². The lowest BCUT2D eigenvalue weighted by molar-refractivity contribution is 0.183. The second kappa shape index (κ2) is 6.09. The Balaban J connectivity index is 1.55. The normalized spacial score (nSPS) is 14.4. The van der Waals surface area contributed by atoms with E-state index in [1.54, 1.807) is 7.11 Å². The van der Waals surface area contributed by atoms with E-state index >= 15 is 0 Å². The van der Waals surface area contributed by atoms with Gasteiger partial charge in [0, 0.05) is 19.9 Å². The molecular formula is C16H21N3O. The molecule has 0 saturated heterocycles. The molecule has 0 atom stereocenters. The van der Waals surface area contributed by atoms with E-state index in [0.29, 0.717) is 6.61 Å². The van der Waals surface area contributed by atoms with Crippen molar-refractivity contribution in [1.82, 2.24) is 9.78 Å². The van der Waals surface area contributed by atoms with Crippen molar-refractivity contribution in [2.24, 2.45) is 0 Å². The van der Waals surface area contributed by atoms with Crippen molar-refractivity contribution in [2.75, 3.05) is 19.0 Å². The topological polar surface area (TPSA) is 39.1 Å².